The maximum Gasteiger partial charge on any atom is 0.243 e. The summed E-state index contributed by atoms with van der Waals surface area (Å²) < 4.78 is 26.7. The van der Waals surface area contributed by atoms with Crippen molar-refractivity contribution in [1.29, 1.82) is 0 Å². The number of halogens is 1. The number of sulfonamides is 1. The van der Waals surface area contributed by atoms with E-state index in [0.717, 1.165) is 31.6 Å². The summed E-state index contributed by atoms with van der Waals surface area (Å²) in [6.07, 6.45) is 1.10. The predicted octanol–water partition coefficient (Wildman–Crippen LogP) is 2.14. The van der Waals surface area contributed by atoms with Gasteiger partial charge in [0.15, 0.2) is 0 Å². The molecule has 0 radical (unpaired) electrons. The fourth-order valence-electron chi connectivity index (χ4n) is 2.45. The molecule has 112 valence electrons. The van der Waals surface area contributed by atoms with Gasteiger partial charge in [0.25, 0.3) is 0 Å². The Kier molecular flexibility index (Phi) is 5.43. The minimum absolute atomic E-state index is 0.327. The zero-order valence-corrected chi connectivity index (χ0v) is 13.3. The molecule has 1 heterocycles. The summed E-state index contributed by atoms with van der Waals surface area (Å²) >= 11 is 5.77. The fraction of sp³-hybridized carbons (Fsp3) is 0.571. The van der Waals surface area contributed by atoms with Crippen LogP contribution in [-0.4, -0.2) is 50.3 Å². The molecular formula is C14H21ClN2O2S. The third-order valence-electron chi connectivity index (χ3n) is 3.56. The van der Waals surface area contributed by atoms with Crippen molar-refractivity contribution in [3.8, 4) is 0 Å². The second-order valence-electron chi connectivity index (χ2n) is 5.03. The molecule has 0 atom stereocenters. The van der Waals surface area contributed by atoms with Gasteiger partial charge in [-0.15, -0.1) is 11.6 Å². The molecule has 1 aliphatic heterocycles. The molecule has 0 bridgehead atoms. The van der Waals surface area contributed by atoms with Crippen LogP contribution >= 0.6 is 11.6 Å². The van der Waals surface area contributed by atoms with Crippen molar-refractivity contribution in [3.63, 3.8) is 0 Å². The van der Waals surface area contributed by atoms with E-state index in [-0.39, 0.29) is 0 Å². The number of benzene rings is 1. The molecule has 0 aliphatic carbocycles. The topological polar surface area (TPSA) is 40.6 Å². The quantitative estimate of drug-likeness (QED) is 0.782. The van der Waals surface area contributed by atoms with Crippen LogP contribution in [0, 0.1) is 0 Å². The number of hydrogen-bond donors (Lipinski definition) is 0. The largest absolute Gasteiger partial charge is 0.301 e. The molecule has 0 aromatic heterocycles. The Morgan fingerprint density at radius 2 is 1.90 bits per heavy atom. The molecule has 1 fully saturated rings. The smallest absolute Gasteiger partial charge is 0.243 e. The van der Waals surface area contributed by atoms with E-state index >= 15 is 0 Å². The van der Waals surface area contributed by atoms with Crippen LogP contribution in [0.2, 0.25) is 0 Å². The van der Waals surface area contributed by atoms with Crippen LogP contribution in [-0.2, 0) is 15.9 Å². The van der Waals surface area contributed by atoms with E-state index in [1.54, 1.807) is 22.5 Å². The molecule has 1 saturated heterocycles. The second kappa shape index (κ2) is 6.89. The molecule has 0 spiro atoms. The molecule has 4 nitrogen and oxygen atoms in total. The Bertz CT molecular complexity index is 540. The van der Waals surface area contributed by atoms with Gasteiger partial charge < -0.3 is 4.90 Å². The third kappa shape index (κ3) is 3.52. The number of rotatable bonds is 5. The molecule has 0 amide bonds. The number of alkyl halides is 1. The van der Waals surface area contributed by atoms with E-state index in [9.17, 15) is 8.42 Å². The minimum Gasteiger partial charge on any atom is -0.301 e. The van der Waals surface area contributed by atoms with Gasteiger partial charge in [0, 0.05) is 32.1 Å². The highest BCUT2D eigenvalue weighted by molar-refractivity contribution is 7.89. The van der Waals surface area contributed by atoms with E-state index in [0.29, 0.717) is 23.9 Å². The van der Waals surface area contributed by atoms with Crippen LogP contribution < -0.4 is 0 Å². The summed E-state index contributed by atoms with van der Waals surface area (Å²) in [4.78, 5) is 2.65. The van der Waals surface area contributed by atoms with Crippen LogP contribution in [0.4, 0.5) is 0 Å². The zero-order chi connectivity index (χ0) is 14.6. The highest BCUT2D eigenvalue weighted by Crippen LogP contribution is 2.19. The van der Waals surface area contributed by atoms with Gasteiger partial charge >= 0.3 is 0 Å². The minimum atomic E-state index is -3.38. The average molecular weight is 317 g/mol. The molecule has 20 heavy (non-hydrogen) atoms. The molecule has 6 heteroatoms. The predicted molar refractivity (Wildman–Crippen MR) is 81.5 cm³/mol. The van der Waals surface area contributed by atoms with Crippen LogP contribution in [0.5, 0.6) is 0 Å². The highest BCUT2D eigenvalue weighted by atomic mass is 35.5. The molecule has 0 N–H and O–H groups in total. The van der Waals surface area contributed by atoms with E-state index in [4.69, 9.17) is 11.6 Å². The Morgan fingerprint density at radius 1 is 1.20 bits per heavy atom. The monoisotopic (exact) mass is 316 g/mol. The van der Waals surface area contributed by atoms with Gasteiger partial charge in [-0.3, -0.25) is 0 Å². The molecular weight excluding hydrogens is 296 g/mol. The van der Waals surface area contributed by atoms with E-state index in [1.807, 2.05) is 6.07 Å². The summed E-state index contributed by atoms with van der Waals surface area (Å²) in [6, 6.07) is 6.90. The van der Waals surface area contributed by atoms with Crippen LogP contribution in [0.1, 0.15) is 18.9 Å². The van der Waals surface area contributed by atoms with Gasteiger partial charge in [0.05, 0.1) is 4.90 Å². The lowest BCUT2D eigenvalue weighted by molar-refractivity contribution is 0.188. The highest BCUT2D eigenvalue weighted by Gasteiger charge is 2.28. The van der Waals surface area contributed by atoms with Gasteiger partial charge in [-0.1, -0.05) is 19.1 Å². The maximum absolute atomic E-state index is 12.6. The third-order valence-corrected chi connectivity index (χ3v) is 5.76. The molecule has 0 saturated carbocycles. The molecule has 1 aromatic carbocycles. The zero-order valence-electron chi connectivity index (χ0n) is 11.8. The lowest BCUT2D eigenvalue weighted by Crippen LogP contribution is -2.48. The average Bonchev–Trinajstić information content (AvgIpc) is 2.48. The number of piperazine rings is 1. The Morgan fingerprint density at radius 3 is 2.50 bits per heavy atom. The molecule has 0 unspecified atom stereocenters. The van der Waals surface area contributed by atoms with Crippen LogP contribution in [0.3, 0.4) is 0 Å². The summed E-state index contributed by atoms with van der Waals surface area (Å²) in [5, 5.41) is 0. The van der Waals surface area contributed by atoms with Gasteiger partial charge in [-0.2, -0.15) is 4.31 Å². The first-order valence-corrected chi connectivity index (χ1v) is 8.93. The summed E-state index contributed by atoms with van der Waals surface area (Å²) in [5.41, 5.74) is 0.831. The first-order valence-electron chi connectivity index (χ1n) is 6.95. The van der Waals surface area contributed by atoms with Crippen molar-refractivity contribution in [2.45, 2.75) is 24.1 Å². The lowest BCUT2D eigenvalue weighted by Gasteiger charge is -2.33. The Hall–Kier alpha value is -0.620. The summed E-state index contributed by atoms with van der Waals surface area (Å²) in [7, 11) is -3.38. The Balaban J connectivity index is 2.11. The van der Waals surface area contributed by atoms with E-state index < -0.39 is 10.0 Å². The van der Waals surface area contributed by atoms with E-state index in [2.05, 4.69) is 11.8 Å². The SMILES string of the molecule is CCCN1CCN(S(=O)(=O)c2cccc(CCl)c2)CC1. The van der Waals surface area contributed by atoms with Crippen LogP contribution in [0.15, 0.2) is 29.2 Å². The maximum atomic E-state index is 12.6. The van der Waals surface area contributed by atoms with Gasteiger partial charge in [0.2, 0.25) is 10.0 Å². The van der Waals surface area contributed by atoms with Gasteiger partial charge in [-0.25, -0.2) is 8.42 Å². The fourth-order valence-corrected chi connectivity index (χ4v) is 4.11. The second-order valence-corrected chi connectivity index (χ2v) is 7.23. The number of hydrogen-bond acceptors (Lipinski definition) is 3. The van der Waals surface area contributed by atoms with Crippen molar-refractivity contribution < 1.29 is 8.42 Å². The lowest BCUT2D eigenvalue weighted by atomic mass is 10.2. The van der Waals surface area contributed by atoms with E-state index in [1.165, 1.54) is 0 Å². The molecule has 1 aromatic rings. The van der Waals surface area contributed by atoms with Gasteiger partial charge in [0.1, 0.15) is 0 Å². The van der Waals surface area contributed by atoms with Crippen molar-refractivity contribution in [2.75, 3.05) is 32.7 Å². The first-order chi connectivity index (χ1) is 9.57. The van der Waals surface area contributed by atoms with Gasteiger partial charge in [-0.05, 0) is 30.7 Å². The normalized spacial score (nSPS) is 18.3. The number of nitrogens with zero attached hydrogens (tertiary/aromatic N) is 2. The van der Waals surface area contributed by atoms with Crippen molar-refractivity contribution in [3.05, 3.63) is 29.8 Å². The van der Waals surface area contributed by atoms with Crippen molar-refractivity contribution in [2.24, 2.45) is 0 Å². The molecule has 1 aliphatic rings. The standard InChI is InChI=1S/C14H21ClN2O2S/c1-2-6-16-7-9-17(10-8-16)20(18,19)14-5-3-4-13(11-14)12-15/h3-5,11H,2,6-10,12H2,1H3. The van der Waals surface area contributed by atoms with Crippen molar-refractivity contribution >= 4 is 21.6 Å². The van der Waals surface area contributed by atoms with Crippen molar-refractivity contribution in [1.82, 2.24) is 9.21 Å². The summed E-state index contributed by atoms with van der Waals surface area (Å²) in [6.45, 7) is 5.92. The summed E-state index contributed by atoms with van der Waals surface area (Å²) in [5.74, 6) is 0.327. The Labute approximate surface area is 126 Å². The van der Waals surface area contributed by atoms with Crippen LogP contribution in [0.25, 0.3) is 0 Å². The molecule has 2 rings (SSSR count). The first kappa shape index (κ1) is 15.8.